The molecule has 112 valence electrons. The number of aryl methyl sites for hydroxylation is 1. The normalized spacial score (nSPS) is 25.1. The molecule has 0 spiro atoms. The summed E-state index contributed by atoms with van der Waals surface area (Å²) in [6, 6.07) is 7.66. The third kappa shape index (κ3) is 3.57. The molecule has 3 nitrogen and oxygen atoms in total. The molecule has 1 amide bonds. The highest BCUT2D eigenvalue weighted by Gasteiger charge is 2.36. The number of amides is 1. The van der Waals surface area contributed by atoms with Crippen LogP contribution < -0.4 is 5.32 Å². The molecule has 21 heavy (non-hydrogen) atoms. The predicted molar refractivity (Wildman–Crippen MR) is 84.2 cm³/mol. The Labute approximate surface area is 131 Å². The van der Waals surface area contributed by atoms with Gasteiger partial charge in [-0.25, -0.2) is 0 Å². The lowest BCUT2D eigenvalue weighted by atomic mass is 9.76. The van der Waals surface area contributed by atoms with Crippen LogP contribution in [0.15, 0.2) is 18.2 Å². The fourth-order valence-electron chi connectivity index (χ4n) is 2.93. The van der Waals surface area contributed by atoms with E-state index in [1.165, 1.54) is 0 Å². The molecule has 0 aromatic heterocycles. The van der Waals surface area contributed by atoms with Crippen LogP contribution in [0, 0.1) is 24.2 Å². The second-order valence-corrected chi connectivity index (χ2v) is 6.39. The van der Waals surface area contributed by atoms with Crippen LogP contribution in [0.4, 0.5) is 0 Å². The van der Waals surface area contributed by atoms with Crippen molar-refractivity contribution in [1.82, 2.24) is 5.32 Å². The van der Waals surface area contributed by atoms with Crippen molar-refractivity contribution in [2.24, 2.45) is 5.92 Å². The number of halogens is 1. The topological polar surface area (TPSA) is 52.9 Å². The number of carbonyl (C=O) groups is 1. The number of carbonyl (C=O) groups excluding carboxylic acids is 1. The third-order valence-corrected chi connectivity index (χ3v) is 4.78. The van der Waals surface area contributed by atoms with Crippen molar-refractivity contribution in [2.45, 2.75) is 51.5 Å². The molecule has 1 aliphatic rings. The Kier molecular flexibility index (Phi) is 4.90. The number of nitrogens with zero attached hydrogens (tertiary/aromatic N) is 1. The van der Waals surface area contributed by atoms with Gasteiger partial charge in [0.05, 0.1) is 16.7 Å². The number of nitriles is 1. The number of hydrogen-bond acceptors (Lipinski definition) is 2. The van der Waals surface area contributed by atoms with Gasteiger partial charge < -0.3 is 5.32 Å². The SMILES string of the molecule is CCC1CCC(C#N)(NC(=O)c2ccc(C)cc2Cl)CC1. The lowest BCUT2D eigenvalue weighted by Gasteiger charge is -2.35. The molecular weight excluding hydrogens is 284 g/mol. The summed E-state index contributed by atoms with van der Waals surface area (Å²) in [6.45, 7) is 4.10. The zero-order valence-electron chi connectivity index (χ0n) is 12.6. The summed E-state index contributed by atoms with van der Waals surface area (Å²) in [4.78, 5) is 12.4. The van der Waals surface area contributed by atoms with Crippen LogP contribution in [0.5, 0.6) is 0 Å². The minimum Gasteiger partial charge on any atom is -0.334 e. The van der Waals surface area contributed by atoms with E-state index in [9.17, 15) is 10.1 Å². The summed E-state index contributed by atoms with van der Waals surface area (Å²) in [5.41, 5.74) is 0.709. The van der Waals surface area contributed by atoms with Crippen molar-refractivity contribution < 1.29 is 4.79 Å². The van der Waals surface area contributed by atoms with Crippen molar-refractivity contribution in [3.63, 3.8) is 0 Å². The van der Waals surface area contributed by atoms with Gasteiger partial charge in [0, 0.05) is 0 Å². The Bertz CT molecular complexity index is 569. The third-order valence-electron chi connectivity index (χ3n) is 4.47. The summed E-state index contributed by atoms with van der Waals surface area (Å²) in [5.74, 6) is 0.419. The fourth-order valence-corrected chi connectivity index (χ4v) is 3.25. The largest absolute Gasteiger partial charge is 0.334 e. The second kappa shape index (κ2) is 6.49. The smallest absolute Gasteiger partial charge is 0.254 e. The van der Waals surface area contributed by atoms with Crippen LogP contribution >= 0.6 is 11.6 Å². The molecule has 1 aliphatic carbocycles. The average Bonchev–Trinajstić information content (AvgIpc) is 2.47. The fraction of sp³-hybridized carbons (Fsp3) is 0.529. The molecule has 1 aromatic rings. The Morgan fingerprint density at radius 2 is 2.14 bits per heavy atom. The highest BCUT2D eigenvalue weighted by molar-refractivity contribution is 6.33. The highest BCUT2D eigenvalue weighted by atomic mass is 35.5. The molecule has 2 rings (SSSR count). The van der Waals surface area contributed by atoms with Gasteiger partial charge in [-0.1, -0.05) is 31.0 Å². The Morgan fingerprint density at radius 3 is 2.67 bits per heavy atom. The summed E-state index contributed by atoms with van der Waals surface area (Å²) >= 11 is 6.13. The van der Waals surface area contributed by atoms with Gasteiger partial charge >= 0.3 is 0 Å². The summed E-state index contributed by atoms with van der Waals surface area (Å²) in [6.07, 6.45) is 4.56. The molecule has 0 unspecified atom stereocenters. The first kappa shape index (κ1) is 15.9. The van der Waals surface area contributed by atoms with Gasteiger partial charge in [-0.3, -0.25) is 4.79 Å². The molecule has 1 fully saturated rings. The van der Waals surface area contributed by atoms with E-state index in [0.717, 1.165) is 37.7 Å². The monoisotopic (exact) mass is 304 g/mol. The maximum Gasteiger partial charge on any atom is 0.254 e. The van der Waals surface area contributed by atoms with Crippen molar-refractivity contribution in [3.05, 3.63) is 34.3 Å². The molecule has 1 N–H and O–H groups in total. The molecule has 0 saturated heterocycles. The maximum absolute atomic E-state index is 12.4. The van der Waals surface area contributed by atoms with Crippen molar-refractivity contribution in [3.8, 4) is 6.07 Å². The molecule has 4 heteroatoms. The van der Waals surface area contributed by atoms with E-state index in [1.807, 2.05) is 13.0 Å². The lowest BCUT2D eigenvalue weighted by molar-refractivity contribution is 0.0891. The Hall–Kier alpha value is -1.53. The minimum atomic E-state index is -0.739. The van der Waals surface area contributed by atoms with Gasteiger partial charge in [-0.15, -0.1) is 0 Å². The Morgan fingerprint density at radius 1 is 1.48 bits per heavy atom. The first-order chi connectivity index (χ1) is 9.99. The summed E-state index contributed by atoms with van der Waals surface area (Å²) in [5, 5.41) is 12.9. The molecular formula is C17H21ClN2O. The zero-order chi connectivity index (χ0) is 15.5. The van der Waals surface area contributed by atoms with Crippen LogP contribution in [0.2, 0.25) is 5.02 Å². The molecule has 0 radical (unpaired) electrons. The minimum absolute atomic E-state index is 0.253. The average molecular weight is 305 g/mol. The number of rotatable bonds is 3. The van der Waals surface area contributed by atoms with Crippen LogP contribution in [-0.4, -0.2) is 11.4 Å². The predicted octanol–water partition coefficient (Wildman–Crippen LogP) is 4.24. The number of hydrogen-bond donors (Lipinski definition) is 1. The van der Waals surface area contributed by atoms with Gasteiger partial charge in [0.1, 0.15) is 5.54 Å². The van der Waals surface area contributed by atoms with E-state index in [-0.39, 0.29) is 5.91 Å². The summed E-state index contributed by atoms with van der Waals surface area (Å²) < 4.78 is 0. The first-order valence-electron chi connectivity index (χ1n) is 7.49. The highest BCUT2D eigenvalue weighted by Crippen LogP contribution is 2.33. The molecule has 1 saturated carbocycles. The molecule has 0 heterocycles. The quantitative estimate of drug-likeness (QED) is 0.908. The van der Waals surface area contributed by atoms with E-state index in [1.54, 1.807) is 12.1 Å². The van der Waals surface area contributed by atoms with Crippen molar-refractivity contribution in [2.75, 3.05) is 0 Å². The molecule has 0 atom stereocenters. The van der Waals surface area contributed by atoms with E-state index in [0.29, 0.717) is 16.5 Å². The molecule has 0 bridgehead atoms. The molecule has 1 aromatic carbocycles. The first-order valence-corrected chi connectivity index (χ1v) is 7.87. The Balaban J connectivity index is 2.12. The van der Waals surface area contributed by atoms with Crippen molar-refractivity contribution >= 4 is 17.5 Å². The van der Waals surface area contributed by atoms with Gasteiger partial charge in [-0.05, 0) is 56.2 Å². The van der Waals surface area contributed by atoms with Gasteiger partial charge in [0.25, 0.3) is 5.91 Å². The second-order valence-electron chi connectivity index (χ2n) is 5.98. The van der Waals surface area contributed by atoms with E-state index in [4.69, 9.17) is 11.6 Å². The van der Waals surface area contributed by atoms with Crippen LogP contribution in [0.1, 0.15) is 54.9 Å². The van der Waals surface area contributed by atoms with E-state index in [2.05, 4.69) is 18.3 Å². The van der Waals surface area contributed by atoms with Gasteiger partial charge in [0.2, 0.25) is 0 Å². The van der Waals surface area contributed by atoms with Gasteiger partial charge in [0.15, 0.2) is 0 Å². The van der Waals surface area contributed by atoms with E-state index < -0.39 is 5.54 Å². The summed E-state index contributed by atoms with van der Waals surface area (Å²) in [7, 11) is 0. The van der Waals surface area contributed by atoms with Gasteiger partial charge in [-0.2, -0.15) is 5.26 Å². The van der Waals surface area contributed by atoms with Crippen LogP contribution in [-0.2, 0) is 0 Å². The maximum atomic E-state index is 12.4. The van der Waals surface area contributed by atoms with Crippen molar-refractivity contribution in [1.29, 1.82) is 5.26 Å². The lowest BCUT2D eigenvalue weighted by Crippen LogP contribution is -2.49. The number of nitrogens with one attached hydrogen (secondary N) is 1. The standard InChI is InChI=1S/C17H21ClN2O/c1-3-13-6-8-17(11-19,9-7-13)20-16(21)14-5-4-12(2)10-15(14)18/h4-5,10,13H,3,6-9H2,1-2H3,(H,20,21). The number of benzene rings is 1. The zero-order valence-corrected chi connectivity index (χ0v) is 13.3. The molecule has 0 aliphatic heterocycles. The van der Waals surface area contributed by atoms with E-state index >= 15 is 0 Å². The van der Waals surface area contributed by atoms with Crippen LogP contribution in [0.25, 0.3) is 0 Å². The van der Waals surface area contributed by atoms with Crippen LogP contribution in [0.3, 0.4) is 0 Å².